The third kappa shape index (κ3) is 6.67. The Morgan fingerprint density at radius 1 is 1.28 bits per heavy atom. The normalized spacial score (nSPS) is 13.2. The number of hydrogen-bond donors (Lipinski definition) is 1. The van der Waals surface area contributed by atoms with Gasteiger partial charge in [-0.2, -0.15) is 0 Å². The van der Waals surface area contributed by atoms with Gasteiger partial charge in [-0.1, -0.05) is 20.4 Å². The molecule has 0 aromatic carbocycles. The van der Waals surface area contributed by atoms with Crippen molar-refractivity contribution in [2.45, 2.75) is 39.4 Å². The van der Waals surface area contributed by atoms with E-state index in [4.69, 9.17) is 14.6 Å². The Hall–Kier alpha value is -1.85. The lowest BCUT2D eigenvalue weighted by Crippen LogP contribution is -2.30. The second-order valence-corrected chi connectivity index (χ2v) is 3.78. The van der Waals surface area contributed by atoms with Crippen molar-refractivity contribution in [2.75, 3.05) is 0 Å². The van der Waals surface area contributed by atoms with E-state index < -0.39 is 24.2 Å². The Morgan fingerprint density at radius 2 is 1.89 bits per heavy atom. The van der Waals surface area contributed by atoms with Gasteiger partial charge in [0.1, 0.15) is 0 Å². The van der Waals surface area contributed by atoms with Gasteiger partial charge in [0.15, 0.2) is 0 Å². The summed E-state index contributed by atoms with van der Waals surface area (Å²) < 4.78 is 9.82. The van der Waals surface area contributed by atoms with Crippen LogP contribution in [0.1, 0.15) is 33.1 Å². The molecule has 6 heteroatoms. The first-order valence-electron chi connectivity index (χ1n) is 5.65. The van der Waals surface area contributed by atoms with E-state index in [-0.39, 0.29) is 18.8 Å². The van der Waals surface area contributed by atoms with Crippen molar-refractivity contribution in [3.05, 3.63) is 12.7 Å². The molecule has 18 heavy (non-hydrogen) atoms. The van der Waals surface area contributed by atoms with Gasteiger partial charge >= 0.3 is 17.9 Å². The fourth-order valence-electron chi connectivity index (χ4n) is 1.01. The van der Waals surface area contributed by atoms with Gasteiger partial charge in [-0.25, -0.2) is 4.79 Å². The van der Waals surface area contributed by atoms with E-state index in [0.717, 1.165) is 6.08 Å². The highest BCUT2D eigenvalue weighted by molar-refractivity contribution is 5.81. The average Bonchev–Trinajstić information content (AvgIpc) is 2.34. The number of hydrogen-bond acceptors (Lipinski definition) is 5. The second kappa shape index (κ2) is 8.27. The van der Waals surface area contributed by atoms with Crippen molar-refractivity contribution in [1.82, 2.24) is 0 Å². The number of rotatable bonds is 8. The molecule has 0 aromatic rings. The number of carbonyl (C=O) groups excluding carboxylic acids is 2. The highest BCUT2D eigenvalue weighted by atomic mass is 16.7. The largest absolute Gasteiger partial charge is 0.481 e. The minimum absolute atomic E-state index is 0.178. The van der Waals surface area contributed by atoms with E-state index in [2.05, 4.69) is 6.58 Å². The molecular weight excluding hydrogens is 240 g/mol. The van der Waals surface area contributed by atoms with Gasteiger partial charge in [-0.3, -0.25) is 9.59 Å². The van der Waals surface area contributed by atoms with Crippen molar-refractivity contribution in [3.8, 4) is 0 Å². The molecule has 6 nitrogen and oxygen atoms in total. The summed E-state index contributed by atoms with van der Waals surface area (Å²) in [5.41, 5.74) is 0. The molecule has 0 fully saturated rings. The molecule has 0 aliphatic carbocycles. The van der Waals surface area contributed by atoms with Crippen molar-refractivity contribution in [2.24, 2.45) is 5.92 Å². The molecule has 0 bridgehead atoms. The molecule has 0 saturated carbocycles. The minimum Gasteiger partial charge on any atom is -0.481 e. The maximum absolute atomic E-state index is 11.3. The predicted octanol–water partition coefficient (Wildman–Crippen LogP) is 1.50. The third-order valence-corrected chi connectivity index (χ3v) is 2.30. The van der Waals surface area contributed by atoms with Gasteiger partial charge in [0.25, 0.3) is 0 Å². The van der Waals surface area contributed by atoms with Crippen LogP contribution in [-0.4, -0.2) is 29.3 Å². The highest BCUT2D eigenvalue weighted by Gasteiger charge is 2.23. The summed E-state index contributed by atoms with van der Waals surface area (Å²) in [4.78, 5) is 32.7. The van der Waals surface area contributed by atoms with Crippen LogP contribution in [0.3, 0.4) is 0 Å². The SMILES string of the molecule is C=CC(=O)OC(OC(=O)CCC(=O)O)C(C)CC. The molecule has 0 rings (SSSR count). The van der Waals surface area contributed by atoms with Crippen molar-refractivity contribution >= 4 is 17.9 Å². The summed E-state index contributed by atoms with van der Waals surface area (Å²) in [5, 5.41) is 8.43. The van der Waals surface area contributed by atoms with Crippen LogP contribution in [0.25, 0.3) is 0 Å². The molecule has 2 unspecified atom stereocenters. The molecular formula is C12H18O6. The number of esters is 2. The first-order chi connectivity index (χ1) is 8.40. The predicted molar refractivity (Wildman–Crippen MR) is 62.5 cm³/mol. The Morgan fingerprint density at radius 3 is 2.33 bits per heavy atom. The molecule has 0 amide bonds. The van der Waals surface area contributed by atoms with Crippen LogP contribution in [0, 0.1) is 5.92 Å². The Kier molecular flexibility index (Phi) is 7.42. The van der Waals surface area contributed by atoms with Gasteiger partial charge in [-0.15, -0.1) is 0 Å². The molecule has 0 aliphatic heterocycles. The van der Waals surface area contributed by atoms with Crippen LogP contribution in [-0.2, 0) is 23.9 Å². The molecule has 0 spiro atoms. The summed E-state index contributed by atoms with van der Waals surface area (Å²) in [7, 11) is 0. The Bertz CT molecular complexity index is 323. The lowest BCUT2D eigenvalue weighted by Gasteiger charge is -2.22. The molecule has 102 valence electrons. The number of carboxylic acid groups (broad SMARTS) is 1. The van der Waals surface area contributed by atoms with E-state index in [1.807, 2.05) is 6.92 Å². The minimum atomic E-state index is -1.09. The molecule has 1 N–H and O–H groups in total. The van der Waals surface area contributed by atoms with Crippen LogP contribution in [0.2, 0.25) is 0 Å². The summed E-state index contributed by atoms with van der Waals surface area (Å²) in [6.07, 6.45) is 0.0266. The fourth-order valence-corrected chi connectivity index (χ4v) is 1.01. The van der Waals surface area contributed by atoms with Crippen LogP contribution < -0.4 is 0 Å². The standard InChI is InChI=1S/C12H18O6/c1-4-8(3)12(17-10(15)5-2)18-11(16)7-6-9(13)14/h5,8,12H,2,4,6-7H2,1,3H3,(H,13,14). The summed E-state index contributed by atoms with van der Waals surface area (Å²) >= 11 is 0. The molecule has 0 saturated heterocycles. The molecule has 0 radical (unpaired) electrons. The molecule has 2 atom stereocenters. The fraction of sp³-hybridized carbons (Fsp3) is 0.583. The van der Waals surface area contributed by atoms with Gasteiger partial charge in [0, 0.05) is 12.0 Å². The third-order valence-electron chi connectivity index (χ3n) is 2.30. The summed E-state index contributed by atoms with van der Waals surface area (Å²) in [6.45, 7) is 6.85. The summed E-state index contributed by atoms with van der Waals surface area (Å²) in [5.74, 6) is -2.66. The van der Waals surface area contributed by atoms with E-state index in [1.165, 1.54) is 0 Å². The molecule has 0 heterocycles. The zero-order chi connectivity index (χ0) is 14.1. The number of carboxylic acids is 1. The second-order valence-electron chi connectivity index (χ2n) is 3.78. The van der Waals surface area contributed by atoms with E-state index in [9.17, 15) is 14.4 Å². The maximum atomic E-state index is 11.3. The zero-order valence-corrected chi connectivity index (χ0v) is 10.5. The quantitative estimate of drug-likeness (QED) is 0.403. The van der Waals surface area contributed by atoms with Gasteiger partial charge in [0.05, 0.1) is 12.8 Å². The van der Waals surface area contributed by atoms with Gasteiger partial charge in [0.2, 0.25) is 6.29 Å². The summed E-state index contributed by atoms with van der Waals surface area (Å²) in [6, 6.07) is 0. The first kappa shape index (κ1) is 16.1. The molecule has 0 aliphatic rings. The van der Waals surface area contributed by atoms with E-state index in [0.29, 0.717) is 6.42 Å². The smallest absolute Gasteiger partial charge is 0.333 e. The number of aliphatic carboxylic acids is 1. The lowest BCUT2D eigenvalue weighted by molar-refractivity contribution is -0.194. The highest BCUT2D eigenvalue weighted by Crippen LogP contribution is 2.14. The van der Waals surface area contributed by atoms with Crippen molar-refractivity contribution in [1.29, 1.82) is 0 Å². The number of ether oxygens (including phenoxy) is 2. The molecule has 0 aromatic heterocycles. The van der Waals surface area contributed by atoms with Crippen molar-refractivity contribution in [3.63, 3.8) is 0 Å². The van der Waals surface area contributed by atoms with Crippen LogP contribution in [0.4, 0.5) is 0 Å². The lowest BCUT2D eigenvalue weighted by atomic mass is 10.1. The Balaban J connectivity index is 4.39. The first-order valence-corrected chi connectivity index (χ1v) is 5.65. The van der Waals surface area contributed by atoms with E-state index >= 15 is 0 Å². The van der Waals surface area contributed by atoms with Gasteiger partial charge in [-0.05, 0) is 6.42 Å². The van der Waals surface area contributed by atoms with Crippen molar-refractivity contribution < 1.29 is 29.0 Å². The van der Waals surface area contributed by atoms with Crippen LogP contribution in [0.5, 0.6) is 0 Å². The van der Waals surface area contributed by atoms with Crippen LogP contribution in [0.15, 0.2) is 12.7 Å². The Labute approximate surface area is 106 Å². The average molecular weight is 258 g/mol. The topological polar surface area (TPSA) is 89.9 Å². The van der Waals surface area contributed by atoms with Crippen LogP contribution >= 0.6 is 0 Å². The maximum Gasteiger partial charge on any atom is 0.333 e. The van der Waals surface area contributed by atoms with E-state index in [1.54, 1.807) is 6.92 Å². The zero-order valence-electron chi connectivity index (χ0n) is 10.5. The number of carbonyl (C=O) groups is 3. The van der Waals surface area contributed by atoms with Gasteiger partial charge < -0.3 is 14.6 Å². The monoisotopic (exact) mass is 258 g/mol.